The Kier molecular flexibility index (Phi) is 3.82. The van der Waals surface area contributed by atoms with E-state index in [1.807, 2.05) is 0 Å². The average molecular weight is 329 g/mol. The molecule has 0 aliphatic carbocycles. The van der Waals surface area contributed by atoms with Crippen molar-refractivity contribution >= 4 is 23.0 Å². The van der Waals surface area contributed by atoms with Gasteiger partial charge in [-0.25, -0.2) is 0 Å². The third-order valence-electron chi connectivity index (χ3n) is 3.56. The summed E-state index contributed by atoms with van der Waals surface area (Å²) >= 11 is 0. The van der Waals surface area contributed by atoms with E-state index in [4.69, 9.17) is 4.74 Å². The van der Waals surface area contributed by atoms with E-state index in [0.29, 0.717) is 11.3 Å². The van der Waals surface area contributed by atoms with Crippen molar-refractivity contribution in [3.8, 4) is 5.75 Å². The van der Waals surface area contributed by atoms with E-state index in [1.54, 1.807) is 6.07 Å². The molecule has 2 aromatic carbocycles. The van der Waals surface area contributed by atoms with E-state index in [9.17, 15) is 25.0 Å². The van der Waals surface area contributed by atoms with Gasteiger partial charge in [0.2, 0.25) is 0 Å². The van der Waals surface area contributed by atoms with Gasteiger partial charge in [-0.15, -0.1) is 0 Å². The molecular formula is C15H11N3O6. The number of rotatable bonds is 4. The highest BCUT2D eigenvalue weighted by atomic mass is 16.6. The molecule has 1 heterocycles. The van der Waals surface area contributed by atoms with Gasteiger partial charge in [0.05, 0.1) is 28.1 Å². The zero-order chi connectivity index (χ0) is 17.3. The van der Waals surface area contributed by atoms with Crippen molar-refractivity contribution < 1.29 is 19.4 Å². The van der Waals surface area contributed by atoms with Gasteiger partial charge in [0.25, 0.3) is 17.3 Å². The number of non-ortho nitro benzene ring substituents is 2. The summed E-state index contributed by atoms with van der Waals surface area (Å²) in [5, 5.41) is 21.7. The van der Waals surface area contributed by atoms with Crippen LogP contribution in [0.25, 0.3) is 0 Å². The molecule has 0 aromatic heterocycles. The molecule has 1 amide bonds. The number of anilines is 1. The summed E-state index contributed by atoms with van der Waals surface area (Å²) in [5.74, 6) is -0.0999. The molecule has 0 bridgehead atoms. The first-order valence-corrected chi connectivity index (χ1v) is 6.90. The van der Waals surface area contributed by atoms with Crippen LogP contribution in [-0.4, -0.2) is 22.4 Å². The second-order valence-electron chi connectivity index (χ2n) is 5.10. The van der Waals surface area contributed by atoms with E-state index < -0.39 is 9.85 Å². The topological polar surface area (TPSA) is 116 Å². The second kappa shape index (κ2) is 5.95. The molecule has 0 spiro atoms. The van der Waals surface area contributed by atoms with Crippen LogP contribution in [0.15, 0.2) is 42.5 Å². The molecular weight excluding hydrogens is 318 g/mol. The number of nitro groups is 2. The minimum absolute atomic E-state index is 0.0721. The van der Waals surface area contributed by atoms with Crippen molar-refractivity contribution in [3.63, 3.8) is 0 Å². The molecule has 9 nitrogen and oxygen atoms in total. The minimum atomic E-state index is -0.551. The summed E-state index contributed by atoms with van der Waals surface area (Å²) in [5.41, 5.74) is 0.752. The highest BCUT2D eigenvalue weighted by Crippen LogP contribution is 2.36. The first-order chi connectivity index (χ1) is 11.5. The quantitative estimate of drug-likeness (QED) is 0.628. The fourth-order valence-electron chi connectivity index (χ4n) is 2.43. The number of carbonyl (C=O) groups excluding carboxylic acids is 1. The van der Waals surface area contributed by atoms with Crippen LogP contribution >= 0.6 is 0 Å². The van der Waals surface area contributed by atoms with Crippen molar-refractivity contribution in [3.05, 3.63) is 68.3 Å². The molecule has 1 aliphatic rings. The fourth-order valence-corrected chi connectivity index (χ4v) is 2.43. The number of carbonyl (C=O) groups is 1. The second-order valence-corrected chi connectivity index (χ2v) is 5.10. The molecule has 2 aromatic rings. The Bertz CT molecular complexity index is 851. The maximum Gasteiger partial charge on any atom is 0.273 e. The number of nitrogens with zero attached hydrogens (tertiary/aromatic N) is 3. The Labute approximate surface area is 135 Å². The van der Waals surface area contributed by atoms with Crippen LogP contribution in [-0.2, 0) is 11.3 Å². The molecule has 3 rings (SSSR count). The van der Waals surface area contributed by atoms with Crippen LogP contribution < -0.4 is 9.64 Å². The first kappa shape index (κ1) is 15.4. The van der Waals surface area contributed by atoms with Gasteiger partial charge in [-0.1, -0.05) is 12.1 Å². The number of hydrogen-bond acceptors (Lipinski definition) is 6. The van der Waals surface area contributed by atoms with E-state index in [1.165, 1.54) is 41.3 Å². The Morgan fingerprint density at radius 2 is 1.75 bits per heavy atom. The largest absolute Gasteiger partial charge is 0.481 e. The molecule has 1 aliphatic heterocycles. The predicted molar refractivity (Wildman–Crippen MR) is 82.9 cm³/mol. The molecule has 24 heavy (non-hydrogen) atoms. The van der Waals surface area contributed by atoms with E-state index in [-0.39, 0.29) is 36.2 Å². The Morgan fingerprint density at radius 1 is 1.04 bits per heavy atom. The lowest BCUT2D eigenvalue weighted by atomic mass is 10.1. The third kappa shape index (κ3) is 2.86. The smallest absolute Gasteiger partial charge is 0.273 e. The Balaban J connectivity index is 1.94. The molecule has 0 fully saturated rings. The van der Waals surface area contributed by atoms with E-state index >= 15 is 0 Å². The van der Waals surface area contributed by atoms with Gasteiger partial charge < -0.3 is 9.64 Å². The van der Waals surface area contributed by atoms with Gasteiger partial charge >= 0.3 is 0 Å². The summed E-state index contributed by atoms with van der Waals surface area (Å²) in [6.45, 7) is -0.141. The zero-order valence-electron chi connectivity index (χ0n) is 12.2. The van der Waals surface area contributed by atoms with Crippen LogP contribution in [0.4, 0.5) is 17.1 Å². The molecule has 0 unspecified atom stereocenters. The van der Waals surface area contributed by atoms with Crippen LogP contribution in [0.5, 0.6) is 5.75 Å². The number of nitro benzene ring substituents is 2. The van der Waals surface area contributed by atoms with Gasteiger partial charge in [0.15, 0.2) is 12.4 Å². The van der Waals surface area contributed by atoms with Gasteiger partial charge in [-0.2, -0.15) is 0 Å². The lowest BCUT2D eigenvalue weighted by Crippen LogP contribution is -2.38. The number of hydrogen-bond donors (Lipinski definition) is 0. The van der Waals surface area contributed by atoms with Crippen molar-refractivity contribution in [1.29, 1.82) is 0 Å². The molecule has 0 saturated carbocycles. The maximum atomic E-state index is 12.1. The van der Waals surface area contributed by atoms with Crippen LogP contribution in [0.3, 0.4) is 0 Å². The van der Waals surface area contributed by atoms with Gasteiger partial charge in [-0.3, -0.25) is 25.0 Å². The lowest BCUT2D eigenvalue weighted by Gasteiger charge is -2.29. The van der Waals surface area contributed by atoms with Gasteiger partial charge in [0.1, 0.15) is 0 Å². The highest BCUT2D eigenvalue weighted by Gasteiger charge is 2.27. The fraction of sp³-hybridized carbons (Fsp3) is 0.133. The van der Waals surface area contributed by atoms with Crippen molar-refractivity contribution in [2.45, 2.75) is 6.54 Å². The summed E-state index contributed by atoms with van der Waals surface area (Å²) in [6, 6.07) is 9.91. The van der Waals surface area contributed by atoms with Gasteiger partial charge in [-0.05, 0) is 11.6 Å². The van der Waals surface area contributed by atoms with Crippen molar-refractivity contribution in [2.75, 3.05) is 11.5 Å². The van der Waals surface area contributed by atoms with Crippen LogP contribution in [0, 0.1) is 20.2 Å². The molecule has 0 saturated heterocycles. The number of benzene rings is 2. The van der Waals surface area contributed by atoms with Crippen LogP contribution in [0.1, 0.15) is 5.56 Å². The molecule has 9 heteroatoms. The van der Waals surface area contributed by atoms with Crippen molar-refractivity contribution in [2.24, 2.45) is 0 Å². The minimum Gasteiger partial charge on any atom is -0.481 e. The maximum absolute atomic E-state index is 12.1. The average Bonchev–Trinajstić information content (AvgIpc) is 2.57. The predicted octanol–water partition coefficient (Wildman–Crippen LogP) is 2.43. The molecule has 0 N–H and O–H groups in total. The molecule has 122 valence electrons. The monoisotopic (exact) mass is 329 g/mol. The van der Waals surface area contributed by atoms with Crippen molar-refractivity contribution in [1.82, 2.24) is 0 Å². The molecule has 0 radical (unpaired) electrons. The summed E-state index contributed by atoms with van der Waals surface area (Å²) in [6.07, 6.45) is 0. The lowest BCUT2D eigenvalue weighted by molar-refractivity contribution is -0.385. The normalized spacial score (nSPS) is 13.2. The summed E-state index contributed by atoms with van der Waals surface area (Å²) < 4.78 is 5.25. The number of fused-ring (bicyclic) bond motifs is 1. The highest BCUT2D eigenvalue weighted by molar-refractivity contribution is 5.98. The summed E-state index contributed by atoms with van der Waals surface area (Å²) in [7, 11) is 0. The Morgan fingerprint density at radius 3 is 2.46 bits per heavy atom. The summed E-state index contributed by atoms with van der Waals surface area (Å²) in [4.78, 5) is 34.1. The third-order valence-corrected chi connectivity index (χ3v) is 3.56. The zero-order valence-corrected chi connectivity index (χ0v) is 12.2. The number of ether oxygens (including phenoxy) is 1. The van der Waals surface area contributed by atoms with E-state index in [2.05, 4.69) is 0 Å². The van der Waals surface area contributed by atoms with E-state index in [0.717, 1.165) is 0 Å². The number of amides is 1. The SMILES string of the molecule is O=C1COc2cc([N+](=O)[O-])ccc2N1Cc1cccc([N+](=O)[O-])c1. The molecule has 0 atom stereocenters. The first-order valence-electron chi connectivity index (χ1n) is 6.90. The standard InChI is InChI=1S/C15H11N3O6/c19-15-9-24-14-7-12(18(22)23)4-5-13(14)16(15)8-10-2-1-3-11(6-10)17(20)21/h1-7H,8-9H2. The Hall–Kier alpha value is -3.49. The van der Waals surface area contributed by atoms with Crippen LogP contribution in [0.2, 0.25) is 0 Å². The van der Waals surface area contributed by atoms with Gasteiger partial charge in [0, 0.05) is 18.2 Å².